The minimum Gasteiger partial charge on any atom is -0.481 e. The van der Waals surface area contributed by atoms with Crippen LogP contribution < -0.4 is 5.32 Å². The lowest BCUT2D eigenvalue weighted by Gasteiger charge is -2.10. The van der Waals surface area contributed by atoms with Crippen LogP contribution in [0.4, 0.5) is 0 Å². The van der Waals surface area contributed by atoms with E-state index >= 15 is 0 Å². The first-order chi connectivity index (χ1) is 7.77. The SMILES string of the molecule is O=C(O)C1CCNC1/C=C/c1ccccc1. The van der Waals surface area contributed by atoms with Gasteiger partial charge in [-0.25, -0.2) is 0 Å². The summed E-state index contributed by atoms with van der Waals surface area (Å²) in [5.41, 5.74) is 1.10. The molecule has 0 amide bonds. The summed E-state index contributed by atoms with van der Waals surface area (Å²) >= 11 is 0. The van der Waals surface area contributed by atoms with Gasteiger partial charge in [-0.1, -0.05) is 42.5 Å². The van der Waals surface area contributed by atoms with Crippen molar-refractivity contribution in [3.05, 3.63) is 42.0 Å². The monoisotopic (exact) mass is 217 g/mol. The number of hydrogen-bond donors (Lipinski definition) is 2. The van der Waals surface area contributed by atoms with Crippen molar-refractivity contribution in [2.24, 2.45) is 5.92 Å². The van der Waals surface area contributed by atoms with E-state index in [0.717, 1.165) is 12.1 Å². The van der Waals surface area contributed by atoms with Crippen molar-refractivity contribution in [2.75, 3.05) is 6.54 Å². The minimum absolute atomic E-state index is 0.0438. The second kappa shape index (κ2) is 4.94. The highest BCUT2D eigenvalue weighted by Crippen LogP contribution is 2.17. The second-order valence-electron chi connectivity index (χ2n) is 3.98. The van der Waals surface area contributed by atoms with Gasteiger partial charge in [-0.3, -0.25) is 4.79 Å². The van der Waals surface area contributed by atoms with Gasteiger partial charge in [0.1, 0.15) is 0 Å². The Morgan fingerprint density at radius 3 is 2.81 bits per heavy atom. The summed E-state index contributed by atoms with van der Waals surface area (Å²) in [6.45, 7) is 0.779. The van der Waals surface area contributed by atoms with E-state index in [-0.39, 0.29) is 12.0 Å². The average molecular weight is 217 g/mol. The molecular formula is C13H15NO2. The van der Waals surface area contributed by atoms with Gasteiger partial charge in [-0.15, -0.1) is 0 Å². The maximum atomic E-state index is 10.9. The standard InChI is InChI=1S/C13H15NO2/c15-13(16)11-8-9-14-12(11)7-6-10-4-2-1-3-5-10/h1-7,11-12,14H,8-9H2,(H,15,16)/b7-6+. The molecule has 2 N–H and O–H groups in total. The molecule has 2 rings (SSSR count). The Morgan fingerprint density at radius 2 is 2.12 bits per heavy atom. The number of hydrogen-bond acceptors (Lipinski definition) is 2. The molecule has 0 spiro atoms. The normalized spacial score (nSPS) is 25.0. The fraction of sp³-hybridized carbons (Fsp3) is 0.308. The van der Waals surface area contributed by atoms with Crippen molar-refractivity contribution in [1.29, 1.82) is 0 Å². The van der Waals surface area contributed by atoms with Crippen LogP contribution >= 0.6 is 0 Å². The lowest BCUT2D eigenvalue weighted by atomic mass is 10.00. The van der Waals surface area contributed by atoms with Gasteiger partial charge in [0.15, 0.2) is 0 Å². The first-order valence-electron chi connectivity index (χ1n) is 5.47. The third-order valence-electron chi connectivity index (χ3n) is 2.88. The molecule has 0 radical (unpaired) electrons. The molecule has 1 fully saturated rings. The number of nitrogens with one attached hydrogen (secondary N) is 1. The van der Waals surface area contributed by atoms with E-state index in [1.165, 1.54) is 0 Å². The van der Waals surface area contributed by atoms with Crippen molar-refractivity contribution in [1.82, 2.24) is 5.32 Å². The molecule has 1 aliphatic rings. The number of rotatable bonds is 3. The predicted octanol–water partition coefficient (Wildman–Crippen LogP) is 1.76. The average Bonchev–Trinajstić information content (AvgIpc) is 2.76. The third kappa shape index (κ3) is 2.49. The predicted molar refractivity (Wildman–Crippen MR) is 63.0 cm³/mol. The summed E-state index contributed by atoms with van der Waals surface area (Å²) in [5.74, 6) is -1.01. The van der Waals surface area contributed by atoms with Gasteiger partial charge < -0.3 is 10.4 Å². The van der Waals surface area contributed by atoms with E-state index in [2.05, 4.69) is 5.32 Å². The Bertz CT molecular complexity index is 386. The molecule has 1 heterocycles. The van der Waals surface area contributed by atoms with Crippen molar-refractivity contribution < 1.29 is 9.90 Å². The van der Waals surface area contributed by atoms with Gasteiger partial charge in [0, 0.05) is 6.04 Å². The molecule has 2 unspecified atom stereocenters. The van der Waals surface area contributed by atoms with E-state index < -0.39 is 5.97 Å². The summed E-state index contributed by atoms with van der Waals surface area (Å²) < 4.78 is 0. The molecule has 0 aromatic heterocycles. The summed E-state index contributed by atoms with van der Waals surface area (Å²) in [7, 11) is 0. The third-order valence-corrected chi connectivity index (χ3v) is 2.88. The quantitative estimate of drug-likeness (QED) is 0.811. The van der Waals surface area contributed by atoms with E-state index in [1.54, 1.807) is 0 Å². The van der Waals surface area contributed by atoms with Crippen LogP contribution in [-0.2, 0) is 4.79 Å². The van der Waals surface area contributed by atoms with Gasteiger partial charge >= 0.3 is 5.97 Å². The van der Waals surface area contributed by atoms with E-state index in [4.69, 9.17) is 5.11 Å². The number of aliphatic carboxylic acids is 1. The number of benzene rings is 1. The van der Waals surface area contributed by atoms with Crippen LogP contribution in [0.3, 0.4) is 0 Å². The molecule has 1 saturated heterocycles. The van der Waals surface area contributed by atoms with E-state index in [9.17, 15) is 4.79 Å². The molecule has 1 aromatic carbocycles. The van der Waals surface area contributed by atoms with Gasteiger partial charge in [-0.2, -0.15) is 0 Å². The van der Waals surface area contributed by atoms with Gasteiger partial charge in [0.2, 0.25) is 0 Å². The van der Waals surface area contributed by atoms with Gasteiger partial charge in [0.05, 0.1) is 5.92 Å². The Morgan fingerprint density at radius 1 is 1.38 bits per heavy atom. The zero-order chi connectivity index (χ0) is 11.4. The summed E-state index contributed by atoms with van der Waals surface area (Å²) in [5, 5.41) is 12.2. The first kappa shape index (κ1) is 10.9. The van der Waals surface area contributed by atoms with Crippen LogP contribution in [0.25, 0.3) is 6.08 Å². The lowest BCUT2D eigenvalue weighted by molar-refractivity contribution is -0.141. The summed E-state index contributed by atoms with van der Waals surface area (Å²) in [4.78, 5) is 10.9. The van der Waals surface area contributed by atoms with Crippen molar-refractivity contribution >= 4 is 12.0 Å². The van der Waals surface area contributed by atoms with Crippen LogP contribution in [0.1, 0.15) is 12.0 Å². The number of carboxylic acid groups (broad SMARTS) is 1. The van der Waals surface area contributed by atoms with Crippen LogP contribution in [-0.4, -0.2) is 23.7 Å². The maximum absolute atomic E-state index is 10.9. The molecule has 1 aliphatic heterocycles. The van der Waals surface area contributed by atoms with Crippen molar-refractivity contribution in [2.45, 2.75) is 12.5 Å². The Kier molecular flexibility index (Phi) is 3.37. The maximum Gasteiger partial charge on any atom is 0.308 e. The number of carbonyl (C=O) groups is 1. The van der Waals surface area contributed by atoms with Crippen LogP contribution in [0.15, 0.2) is 36.4 Å². The number of carboxylic acids is 1. The molecule has 3 nitrogen and oxygen atoms in total. The van der Waals surface area contributed by atoms with Crippen LogP contribution in [0, 0.1) is 5.92 Å². The Balaban J connectivity index is 2.04. The smallest absolute Gasteiger partial charge is 0.308 e. The lowest BCUT2D eigenvalue weighted by Crippen LogP contribution is -2.29. The molecule has 2 atom stereocenters. The molecule has 16 heavy (non-hydrogen) atoms. The fourth-order valence-electron chi connectivity index (χ4n) is 1.99. The topological polar surface area (TPSA) is 49.3 Å². The van der Waals surface area contributed by atoms with E-state index in [1.807, 2.05) is 42.5 Å². The first-order valence-corrected chi connectivity index (χ1v) is 5.47. The molecular weight excluding hydrogens is 202 g/mol. The van der Waals surface area contributed by atoms with Crippen molar-refractivity contribution in [3.8, 4) is 0 Å². The largest absolute Gasteiger partial charge is 0.481 e. The highest BCUT2D eigenvalue weighted by Gasteiger charge is 2.30. The minimum atomic E-state index is -0.715. The molecule has 3 heteroatoms. The molecule has 1 aromatic rings. The van der Waals surface area contributed by atoms with E-state index in [0.29, 0.717) is 6.42 Å². The molecule has 0 bridgehead atoms. The van der Waals surface area contributed by atoms with Crippen LogP contribution in [0.2, 0.25) is 0 Å². The second-order valence-corrected chi connectivity index (χ2v) is 3.98. The Labute approximate surface area is 94.8 Å². The zero-order valence-electron chi connectivity index (χ0n) is 8.97. The van der Waals surface area contributed by atoms with Gasteiger partial charge in [0.25, 0.3) is 0 Å². The molecule has 0 saturated carbocycles. The summed E-state index contributed by atoms with van der Waals surface area (Å²) in [6, 6.07) is 9.86. The molecule has 84 valence electrons. The highest BCUT2D eigenvalue weighted by atomic mass is 16.4. The highest BCUT2D eigenvalue weighted by molar-refractivity contribution is 5.72. The van der Waals surface area contributed by atoms with Gasteiger partial charge in [-0.05, 0) is 18.5 Å². The van der Waals surface area contributed by atoms with Crippen LogP contribution in [0.5, 0.6) is 0 Å². The van der Waals surface area contributed by atoms with Crippen molar-refractivity contribution in [3.63, 3.8) is 0 Å². The fourth-order valence-corrected chi connectivity index (χ4v) is 1.99. The summed E-state index contributed by atoms with van der Waals surface area (Å²) in [6.07, 6.45) is 4.62. The molecule has 0 aliphatic carbocycles. The zero-order valence-corrected chi connectivity index (χ0v) is 8.97. The Hall–Kier alpha value is -1.61.